The Labute approximate surface area is 145 Å². The van der Waals surface area contributed by atoms with Gasteiger partial charge in [0.1, 0.15) is 0 Å². The van der Waals surface area contributed by atoms with Crippen LogP contribution < -0.4 is 5.32 Å². The molecule has 0 saturated carbocycles. The lowest BCUT2D eigenvalue weighted by Crippen LogP contribution is -2.45. The van der Waals surface area contributed by atoms with E-state index in [-0.39, 0.29) is 12.1 Å². The van der Waals surface area contributed by atoms with Crippen LogP contribution in [0.1, 0.15) is 17.3 Å². The molecule has 3 rings (SSSR count). The van der Waals surface area contributed by atoms with E-state index in [0.717, 1.165) is 35.9 Å². The summed E-state index contributed by atoms with van der Waals surface area (Å²) in [6.07, 6.45) is 1.73. The molecule has 2 amide bonds. The van der Waals surface area contributed by atoms with E-state index in [9.17, 15) is 4.79 Å². The molecule has 1 atom stereocenters. The van der Waals surface area contributed by atoms with Crippen molar-refractivity contribution < 1.29 is 4.79 Å². The molecule has 1 aromatic carbocycles. The number of nitrogens with one attached hydrogen (secondary N) is 1. The van der Waals surface area contributed by atoms with E-state index in [4.69, 9.17) is 11.6 Å². The summed E-state index contributed by atoms with van der Waals surface area (Å²) < 4.78 is 0. The number of hydrogen-bond acceptors (Lipinski definition) is 3. The van der Waals surface area contributed by atoms with Gasteiger partial charge in [0.2, 0.25) is 0 Å². The number of carbonyl (C=O) groups is 1. The first kappa shape index (κ1) is 16.1. The fourth-order valence-electron chi connectivity index (χ4n) is 2.54. The summed E-state index contributed by atoms with van der Waals surface area (Å²) in [5.41, 5.74) is 1.73. The molecule has 2 aromatic rings. The van der Waals surface area contributed by atoms with Gasteiger partial charge in [-0.1, -0.05) is 29.8 Å². The van der Waals surface area contributed by atoms with Crippen LogP contribution in [-0.4, -0.2) is 40.5 Å². The molecule has 120 valence electrons. The van der Waals surface area contributed by atoms with Crippen molar-refractivity contribution in [3.63, 3.8) is 0 Å². The second kappa shape index (κ2) is 7.70. The first-order valence-corrected chi connectivity index (χ1v) is 9.07. The minimum absolute atomic E-state index is 0.0547. The summed E-state index contributed by atoms with van der Waals surface area (Å²) in [5, 5.41) is 3.75. The van der Waals surface area contributed by atoms with Crippen LogP contribution in [0.4, 0.5) is 4.79 Å². The Hall–Kier alpha value is -1.72. The van der Waals surface area contributed by atoms with Gasteiger partial charge >= 0.3 is 6.03 Å². The molecule has 1 aliphatic heterocycles. The van der Waals surface area contributed by atoms with Gasteiger partial charge in [-0.15, -0.1) is 0 Å². The maximum atomic E-state index is 12.6. The predicted molar refractivity (Wildman–Crippen MR) is 95.0 cm³/mol. The minimum atomic E-state index is -0.308. The van der Waals surface area contributed by atoms with E-state index in [1.165, 1.54) is 0 Å². The second-order valence-electron chi connectivity index (χ2n) is 5.29. The van der Waals surface area contributed by atoms with Crippen LogP contribution >= 0.6 is 23.4 Å². The Bertz CT molecular complexity index is 662. The van der Waals surface area contributed by atoms with Gasteiger partial charge in [-0.3, -0.25) is 4.98 Å². The largest absolute Gasteiger partial charge is 0.325 e. The SMILES string of the molecule is O=C(NC(c1cccc(Cl)c1)c1ccccn1)N1CCSCC1. The average Bonchev–Trinajstić information content (AvgIpc) is 2.61. The van der Waals surface area contributed by atoms with E-state index < -0.39 is 0 Å². The van der Waals surface area contributed by atoms with Crippen molar-refractivity contribution in [1.29, 1.82) is 0 Å². The number of urea groups is 1. The topological polar surface area (TPSA) is 45.2 Å². The molecule has 1 fully saturated rings. The molecule has 0 radical (unpaired) electrons. The molecule has 1 N–H and O–H groups in total. The zero-order valence-corrected chi connectivity index (χ0v) is 14.2. The lowest BCUT2D eigenvalue weighted by Gasteiger charge is -2.29. The van der Waals surface area contributed by atoms with Gasteiger partial charge in [0, 0.05) is 35.8 Å². The predicted octanol–water partition coefficient (Wildman–Crippen LogP) is 3.58. The molecular formula is C17H18ClN3OS. The van der Waals surface area contributed by atoms with Gasteiger partial charge in [0.05, 0.1) is 11.7 Å². The maximum Gasteiger partial charge on any atom is 0.318 e. The first-order chi connectivity index (χ1) is 11.2. The minimum Gasteiger partial charge on any atom is -0.325 e. The number of nitrogens with zero attached hydrogens (tertiary/aromatic N) is 2. The van der Waals surface area contributed by atoms with Crippen molar-refractivity contribution >= 4 is 29.4 Å². The number of hydrogen-bond donors (Lipinski definition) is 1. The van der Waals surface area contributed by atoms with E-state index in [0.29, 0.717) is 5.02 Å². The Kier molecular flexibility index (Phi) is 5.41. The van der Waals surface area contributed by atoms with Crippen LogP contribution in [0.5, 0.6) is 0 Å². The summed E-state index contributed by atoms with van der Waals surface area (Å²) in [4.78, 5) is 18.8. The molecule has 2 heterocycles. The Morgan fingerprint density at radius 1 is 1.22 bits per heavy atom. The number of amides is 2. The van der Waals surface area contributed by atoms with Crippen molar-refractivity contribution in [2.75, 3.05) is 24.6 Å². The lowest BCUT2D eigenvalue weighted by molar-refractivity contribution is 0.200. The summed E-state index contributed by atoms with van der Waals surface area (Å²) in [7, 11) is 0. The van der Waals surface area contributed by atoms with E-state index >= 15 is 0 Å². The molecule has 1 unspecified atom stereocenters. The molecule has 1 aliphatic rings. The van der Waals surface area contributed by atoms with E-state index in [1.54, 1.807) is 6.20 Å². The zero-order chi connectivity index (χ0) is 16.1. The molecule has 0 bridgehead atoms. The molecule has 23 heavy (non-hydrogen) atoms. The molecule has 0 aliphatic carbocycles. The van der Waals surface area contributed by atoms with Crippen molar-refractivity contribution in [2.24, 2.45) is 0 Å². The number of benzene rings is 1. The fourth-order valence-corrected chi connectivity index (χ4v) is 3.64. The van der Waals surface area contributed by atoms with Crippen LogP contribution in [-0.2, 0) is 0 Å². The van der Waals surface area contributed by atoms with Gasteiger partial charge in [-0.2, -0.15) is 11.8 Å². The molecular weight excluding hydrogens is 330 g/mol. The number of pyridine rings is 1. The summed E-state index contributed by atoms with van der Waals surface area (Å²) in [5.74, 6) is 1.97. The standard InChI is InChI=1S/C17H18ClN3OS/c18-14-5-3-4-13(12-14)16(15-6-1-2-7-19-15)20-17(22)21-8-10-23-11-9-21/h1-7,12,16H,8-11H2,(H,20,22). The highest BCUT2D eigenvalue weighted by atomic mass is 35.5. The number of thioether (sulfide) groups is 1. The summed E-state index contributed by atoms with van der Waals surface area (Å²) >= 11 is 7.99. The molecule has 1 saturated heterocycles. The van der Waals surface area contributed by atoms with Crippen molar-refractivity contribution in [1.82, 2.24) is 15.2 Å². The van der Waals surface area contributed by atoms with Crippen LogP contribution in [0, 0.1) is 0 Å². The summed E-state index contributed by atoms with van der Waals surface area (Å²) in [6, 6.07) is 12.9. The Morgan fingerprint density at radius 2 is 2.04 bits per heavy atom. The monoisotopic (exact) mass is 347 g/mol. The molecule has 0 spiro atoms. The van der Waals surface area contributed by atoms with Crippen LogP contribution in [0.15, 0.2) is 48.7 Å². The van der Waals surface area contributed by atoms with Gasteiger partial charge in [-0.25, -0.2) is 4.79 Å². The van der Waals surface area contributed by atoms with E-state index in [1.807, 2.05) is 59.1 Å². The maximum absolute atomic E-state index is 12.6. The fraction of sp³-hybridized carbons (Fsp3) is 0.294. The zero-order valence-electron chi connectivity index (χ0n) is 12.6. The van der Waals surface area contributed by atoms with Gasteiger partial charge < -0.3 is 10.2 Å². The van der Waals surface area contributed by atoms with E-state index in [2.05, 4.69) is 10.3 Å². The van der Waals surface area contributed by atoms with Gasteiger partial charge in [0.15, 0.2) is 0 Å². The van der Waals surface area contributed by atoms with Crippen LogP contribution in [0.2, 0.25) is 5.02 Å². The van der Waals surface area contributed by atoms with Gasteiger partial charge in [0.25, 0.3) is 0 Å². The Morgan fingerprint density at radius 3 is 2.74 bits per heavy atom. The summed E-state index contributed by atoms with van der Waals surface area (Å²) in [6.45, 7) is 1.56. The van der Waals surface area contributed by atoms with Crippen LogP contribution in [0.3, 0.4) is 0 Å². The number of carbonyl (C=O) groups excluding carboxylic acids is 1. The number of aromatic nitrogens is 1. The Balaban J connectivity index is 1.85. The molecule has 4 nitrogen and oxygen atoms in total. The highest BCUT2D eigenvalue weighted by Gasteiger charge is 2.23. The van der Waals surface area contributed by atoms with Crippen molar-refractivity contribution in [2.45, 2.75) is 6.04 Å². The molecule has 6 heteroatoms. The third-order valence-electron chi connectivity index (χ3n) is 3.73. The molecule has 1 aromatic heterocycles. The third kappa shape index (κ3) is 4.18. The van der Waals surface area contributed by atoms with Gasteiger partial charge in [-0.05, 0) is 29.8 Å². The quantitative estimate of drug-likeness (QED) is 0.923. The smallest absolute Gasteiger partial charge is 0.318 e. The highest BCUT2D eigenvalue weighted by molar-refractivity contribution is 7.99. The van der Waals surface area contributed by atoms with Crippen LogP contribution in [0.25, 0.3) is 0 Å². The lowest BCUT2D eigenvalue weighted by atomic mass is 10.0. The first-order valence-electron chi connectivity index (χ1n) is 7.53. The number of halogens is 1. The van der Waals surface area contributed by atoms with Crippen molar-refractivity contribution in [3.8, 4) is 0 Å². The average molecular weight is 348 g/mol. The normalized spacial score (nSPS) is 16.0. The number of rotatable bonds is 3. The second-order valence-corrected chi connectivity index (χ2v) is 6.95. The third-order valence-corrected chi connectivity index (χ3v) is 4.91. The highest BCUT2D eigenvalue weighted by Crippen LogP contribution is 2.23. The van der Waals surface area contributed by atoms with Crippen molar-refractivity contribution in [3.05, 3.63) is 64.9 Å².